The van der Waals surface area contributed by atoms with Crippen molar-refractivity contribution in [3.63, 3.8) is 0 Å². The van der Waals surface area contributed by atoms with Crippen LogP contribution in [0.2, 0.25) is 0 Å². The smallest absolute Gasteiger partial charge is 0.315 e. The summed E-state index contributed by atoms with van der Waals surface area (Å²) in [5, 5.41) is 0. The second kappa shape index (κ2) is 9.13. The molecule has 0 atom stereocenters. The van der Waals surface area contributed by atoms with E-state index in [9.17, 15) is 4.79 Å². The zero-order valence-electron chi connectivity index (χ0n) is 16.7. The molecule has 30 heavy (non-hydrogen) atoms. The van der Waals surface area contributed by atoms with Crippen molar-refractivity contribution in [2.24, 2.45) is 0 Å². The molecule has 1 aliphatic rings. The van der Waals surface area contributed by atoms with E-state index < -0.39 is 0 Å². The first-order valence-corrected chi connectivity index (χ1v) is 10.5. The Balaban J connectivity index is 1.38. The minimum atomic E-state index is -0.225. The van der Waals surface area contributed by atoms with Gasteiger partial charge >= 0.3 is 5.97 Å². The topological polar surface area (TPSA) is 83.9 Å². The first kappa shape index (κ1) is 20.2. The molecule has 156 valence electrons. The Morgan fingerprint density at radius 2 is 2.07 bits per heavy atom. The van der Waals surface area contributed by atoms with Crippen LogP contribution >= 0.6 is 11.8 Å². The maximum absolute atomic E-state index is 11.1. The third kappa shape index (κ3) is 4.71. The van der Waals surface area contributed by atoms with E-state index >= 15 is 0 Å². The predicted molar refractivity (Wildman–Crippen MR) is 113 cm³/mol. The molecule has 0 unspecified atom stereocenters. The number of fused-ring (bicyclic) bond motifs is 1. The molecule has 7 nitrogen and oxygen atoms in total. The molecule has 0 fully saturated rings. The predicted octanol–water partition coefficient (Wildman–Crippen LogP) is 4.48. The Labute approximate surface area is 178 Å². The summed E-state index contributed by atoms with van der Waals surface area (Å²) in [6.45, 7) is 2.12. The average molecular weight is 427 g/mol. The Hall–Kier alpha value is -3.13. The van der Waals surface area contributed by atoms with E-state index in [1.807, 2.05) is 49.4 Å². The van der Waals surface area contributed by atoms with Crippen LogP contribution in [0.4, 0.5) is 0 Å². The van der Waals surface area contributed by atoms with Crippen LogP contribution in [0.15, 0.2) is 45.2 Å². The van der Waals surface area contributed by atoms with Gasteiger partial charge in [-0.05, 0) is 43.3 Å². The summed E-state index contributed by atoms with van der Waals surface area (Å²) in [6.07, 6.45) is 4.38. The van der Waals surface area contributed by atoms with Crippen LogP contribution < -0.4 is 9.47 Å². The standard InChI is InChI=1S/C22H21NO6S/c1-14-18(23-22(28-14)15-5-8-19-20(10-15)27-13-26-19)11-17-7-6-16(29-17)4-3-9-30-12-21(24)25-2/h3-8,10H,9,11-13H2,1-2H3/b4-3+. The third-order valence-corrected chi connectivity index (χ3v) is 5.35. The van der Waals surface area contributed by atoms with Gasteiger partial charge in [-0.25, -0.2) is 4.98 Å². The summed E-state index contributed by atoms with van der Waals surface area (Å²) in [7, 11) is 1.39. The number of benzene rings is 1. The van der Waals surface area contributed by atoms with E-state index in [0.717, 1.165) is 34.3 Å². The number of aromatic nitrogens is 1. The fourth-order valence-corrected chi connectivity index (χ4v) is 3.56. The van der Waals surface area contributed by atoms with E-state index in [0.29, 0.717) is 29.6 Å². The highest BCUT2D eigenvalue weighted by Gasteiger charge is 2.18. The van der Waals surface area contributed by atoms with Crippen LogP contribution in [0.3, 0.4) is 0 Å². The van der Waals surface area contributed by atoms with Crippen molar-refractivity contribution in [3.05, 3.63) is 59.4 Å². The van der Waals surface area contributed by atoms with Crippen LogP contribution in [0, 0.1) is 6.92 Å². The Morgan fingerprint density at radius 3 is 2.93 bits per heavy atom. The van der Waals surface area contributed by atoms with Crippen molar-refractivity contribution in [2.45, 2.75) is 13.3 Å². The second-order valence-electron chi connectivity index (χ2n) is 6.56. The molecule has 0 bridgehead atoms. The molecule has 8 heteroatoms. The quantitative estimate of drug-likeness (QED) is 0.384. The molecule has 1 aromatic carbocycles. The number of thioether (sulfide) groups is 1. The van der Waals surface area contributed by atoms with E-state index in [4.69, 9.17) is 18.3 Å². The molecule has 0 N–H and O–H groups in total. The number of oxazole rings is 1. The van der Waals surface area contributed by atoms with Crippen molar-refractivity contribution in [1.82, 2.24) is 4.98 Å². The lowest BCUT2D eigenvalue weighted by Crippen LogP contribution is -2.03. The van der Waals surface area contributed by atoms with Crippen LogP contribution in [-0.2, 0) is 16.0 Å². The highest BCUT2D eigenvalue weighted by Crippen LogP contribution is 2.36. The molecule has 0 aliphatic carbocycles. The number of aryl methyl sites for hydroxylation is 1. The van der Waals surface area contributed by atoms with Crippen molar-refractivity contribution in [1.29, 1.82) is 0 Å². The molecule has 2 aromatic heterocycles. The minimum Gasteiger partial charge on any atom is -0.468 e. The summed E-state index contributed by atoms with van der Waals surface area (Å²) < 4.78 is 27.1. The van der Waals surface area contributed by atoms with Crippen LogP contribution in [0.25, 0.3) is 17.5 Å². The van der Waals surface area contributed by atoms with Gasteiger partial charge in [-0.1, -0.05) is 6.08 Å². The first-order chi connectivity index (χ1) is 14.6. The van der Waals surface area contributed by atoms with Crippen LogP contribution in [0.5, 0.6) is 11.5 Å². The zero-order valence-corrected chi connectivity index (χ0v) is 17.5. The first-order valence-electron chi connectivity index (χ1n) is 9.38. The third-order valence-electron chi connectivity index (χ3n) is 4.48. The highest BCUT2D eigenvalue weighted by molar-refractivity contribution is 8.00. The normalized spacial score (nSPS) is 12.6. The van der Waals surface area contributed by atoms with Crippen molar-refractivity contribution in [3.8, 4) is 23.0 Å². The van der Waals surface area contributed by atoms with E-state index in [1.165, 1.54) is 18.9 Å². The monoisotopic (exact) mass is 427 g/mol. The van der Waals surface area contributed by atoms with Gasteiger partial charge in [0.05, 0.1) is 25.0 Å². The number of methoxy groups -OCH3 is 1. The Bertz CT molecular complexity index is 1070. The molecule has 0 saturated carbocycles. The molecule has 0 saturated heterocycles. The summed E-state index contributed by atoms with van der Waals surface area (Å²) in [6, 6.07) is 9.45. The number of nitrogens with zero attached hydrogens (tertiary/aromatic N) is 1. The number of carbonyl (C=O) groups is 1. The summed E-state index contributed by atoms with van der Waals surface area (Å²) in [5.74, 6) is 5.06. The summed E-state index contributed by atoms with van der Waals surface area (Å²) in [4.78, 5) is 15.7. The lowest BCUT2D eigenvalue weighted by Gasteiger charge is -1.98. The number of furan rings is 1. The number of carbonyl (C=O) groups excluding carboxylic acids is 1. The summed E-state index contributed by atoms with van der Waals surface area (Å²) in [5.41, 5.74) is 1.65. The van der Waals surface area contributed by atoms with Crippen LogP contribution in [0.1, 0.15) is 23.0 Å². The van der Waals surface area contributed by atoms with Gasteiger partial charge in [-0.3, -0.25) is 4.79 Å². The Kier molecular flexibility index (Phi) is 6.13. The van der Waals surface area contributed by atoms with Gasteiger partial charge in [0.25, 0.3) is 0 Å². The van der Waals surface area contributed by atoms with Gasteiger partial charge in [-0.2, -0.15) is 0 Å². The highest BCUT2D eigenvalue weighted by atomic mass is 32.2. The maximum atomic E-state index is 11.1. The number of ether oxygens (including phenoxy) is 3. The van der Waals surface area contributed by atoms with Crippen molar-refractivity contribution >= 4 is 23.8 Å². The minimum absolute atomic E-state index is 0.225. The lowest BCUT2D eigenvalue weighted by atomic mass is 10.2. The average Bonchev–Trinajstić information content (AvgIpc) is 3.48. The van der Waals surface area contributed by atoms with Gasteiger partial charge < -0.3 is 23.0 Å². The fourth-order valence-electron chi connectivity index (χ4n) is 2.92. The number of esters is 1. The molecule has 0 radical (unpaired) electrons. The summed E-state index contributed by atoms with van der Waals surface area (Å²) >= 11 is 1.48. The van der Waals surface area contributed by atoms with E-state index in [-0.39, 0.29) is 12.8 Å². The van der Waals surface area contributed by atoms with Crippen LogP contribution in [-0.4, -0.2) is 36.4 Å². The molecule has 0 spiro atoms. The molecule has 3 heterocycles. The number of hydrogen-bond acceptors (Lipinski definition) is 8. The van der Waals surface area contributed by atoms with Gasteiger partial charge in [0.15, 0.2) is 11.5 Å². The maximum Gasteiger partial charge on any atom is 0.315 e. The number of hydrogen-bond donors (Lipinski definition) is 0. The van der Waals surface area contributed by atoms with Crippen molar-refractivity contribution < 1.29 is 27.8 Å². The molecule has 0 amide bonds. The SMILES string of the molecule is COC(=O)CSC/C=C/c1ccc(Cc2nc(-c3ccc4c(c3)OCO4)oc2C)o1. The van der Waals surface area contributed by atoms with Gasteiger partial charge in [0.2, 0.25) is 12.7 Å². The second-order valence-corrected chi connectivity index (χ2v) is 7.59. The lowest BCUT2D eigenvalue weighted by molar-refractivity contribution is -0.137. The van der Waals surface area contributed by atoms with Gasteiger partial charge in [0.1, 0.15) is 17.3 Å². The van der Waals surface area contributed by atoms with Gasteiger partial charge in [0, 0.05) is 11.3 Å². The van der Waals surface area contributed by atoms with Crippen molar-refractivity contribution in [2.75, 3.05) is 25.4 Å². The van der Waals surface area contributed by atoms with E-state index in [1.54, 1.807) is 0 Å². The Morgan fingerprint density at radius 1 is 1.20 bits per heavy atom. The molecular weight excluding hydrogens is 406 g/mol. The molecular formula is C22H21NO6S. The number of rotatable bonds is 8. The van der Waals surface area contributed by atoms with Gasteiger partial charge in [-0.15, -0.1) is 11.8 Å². The van der Waals surface area contributed by atoms with E-state index in [2.05, 4.69) is 9.72 Å². The zero-order chi connectivity index (χ0) is 20.9. The largest absolute Gasteiger partial charge is 0.468 e. The fraction of sp³-hybridized carbons (Fsp3) is 0.273. The molecule has 3 aromatic rings. The molecule has 1 aliphatic heterocycles. The molecule has 4 rings (SSSR count).